The highest BCUT2D eigenvalue weighted by Gasteiger charge is 2.26. The minimum Gasteiger partial charge on any atom is -0.466 e. The number of aliphatic hydroxyl groups is 1. The van der Waals surface area contributed by atoms with Crippen molar-refractivity contribution in [2.45, 2.75) is 25.9 Å². The SMILES string of the molecule is CCc1cc2c(NCC(C)(O)c3ccco3)ncnc2s1. The highest BCUT2D eigenvalue weighted by Crippen LogP contribution is 2.29. The third kappa shape index (κ3) is 2.77. The number of rotatable bonds is 5. The maximum Gasteiger partial charge on any atom is 0.138 e. The second-order valence-electron chi connectivity index (χ2n) is 5.11. The molecule has 0 saturated carbocycles. The third-order valence-electron chi connectivity index (χ3n) is 3.38. The van der Waals surface area contributed by atoms with E-state index in [9.17, 15) is 5.11 Å². The predicted molar refractivity (Wildman–Crippen MR) is 83.6 cm³/mol. The topological polar surface area (TPSA) is 71.2 Å². The summed E-state index contributed by atoms with van der Waals surface area (Å²) in [6.07, 6.45) is 4.08. The number of aryl methyl sites for hydroxylation is 1. The molecule has 0 radical (unpaired) electrons. The van der Waals surface area contributed by atoms with Crippen LogP contribution in [0.3, 0.4) is 0 Å². The highest BCUT2D eigenvalue weighted by atomic mass is 32.1. The zero-order valence-electron chi connectivity index (χ0n) is 12.0. The molecule has 3 heterocycles. The monoisotopic (exact) mass is 303 g/mol. The Balaban J connectivity index is 1.83. The van der Waals surface area contributed by atoms with Gasteiger partial charge in [-0.25, -0.2) is 9.97 Å². The number of fused-ring (bicyclic) bond motifs is 1. The molecule has 0 amide bonds. The van der Waals surface area contributed by atoms with E-state index in [1.165, 1.54) is 4.88 Å². The lowest BCUT2D eigenvalue weighted by atomic mass is 10.0. The lowest BCUT2D eigenvalue weighted by Gasteiger charge is -2.21. The minimum atomic E-state index is -1.09. The van der Waals surface area contributed by atoms with Crippen LogP contribution in [0, 0.1) is 0 Å². The van der Waals surface area contributed by atoms with E-state index in [0.29, 0.717) is 12.3 Å². The van der Waals surface area contributed by atoms with E-state index >= 15 is 0 Å². The number of aromatic nitrogens is 2. The fourth-order valence-corrected chi connectivity index (χ4v) is 3.08. The van der Waals surface area contributed by atoms with Gasteiger partial charge in [0, 0.05) is 4.88 Å². The number of thiophene rings is 1. The van der Waals surface area contributed by atoms with Crippen LogP contribution in [0.5, 0.6) is 0 Å². The summed E-state index contributed by atoms with van der Waals surface area (Å²) >= 11 is 1.67. The molecule has 0 bridgehead atoms. The van der Waals surface area contributed by atoms with E-state index < -0.39 is 5.60 Å². The molecule has 0 aromatic carbocycles. The van der Waals surface area contributed by atoms with Crippen LogP contribution in [0.4, 0.5) is 5.82 Å². The Bertz CT molecular complexity index is 735. The van der Waals surface area contributed by atoms with E-state index in [2.05, 4.69) is 28.3 Å². The minimum absolute atomic E-state index is 0.309. The van der Waals surface area contributed by atoms with E-state index in [1.807, 2.05) is 0 Å². The van der Waals surface area contributed by atoms with Crippen LogP contribution < -0.4 is 5.32 Å². The number of anilines is 1. The van der Waals surface area contributed by atoms with Crippen molar-refractivity contribution in [1.82, 2.24) is 9.97 Å². The van der Waals surface area contributed by atoms with E-state index in [1.54, 1.807) is 43.0 Å². The molecule has 2 N–H and O–H groups in total. The molecule has 0 saturated heterocycles. The van der Waals surface area contributed by atoms with Gasteiger partial charge in [0.05, 0.1) is 18.2 Å². The Morgan fingerprint density at radius 3 is 3.00 bits per heavy atom. The van der Waals surface area contributed by atoms with Gasteiger partial charge >= 0.3 is 0 Å². The average Bonchev–Trinajstić information content (AvgIpc) is 3.13. The summed E-state index contributed by atoms with van der Waals surface area (Å²) in [5.74, 6) is 1.27. The molecule has 3 aromatic heterocycles. The van der Waals surface area contributed by atoms with Gasteiger partial charge in [-0.15, -0.1) is 11.3 Å². The molecule has 3 rings (SSSR count). The van der Waals surface area contributed by atoms with Crippen molar-refractivity contribution < 1.29 is 9.52 Å². The zero-order valence-corrected chi connectivity index (χ0v) is 12.8. The number of furan rings is 1. The van der Waals surface area contributed by atoms with Gasteiger partial charge in [-0.2, -0.15) is 0 Å². The zero-order chi connectivity index (χ0) is 14.9. The molecular formula is C15H17N3O2S. The Hall–Kier alpha value is -1.92. The summed E-state index contributed by atoms with van der Waals surface area (Å²) in [5, 5.41) is 14.7. The molecule has 0 aliphatic rings. The third-order valence-corrected chi connectivity index (χ3v) is 4.57. The van der Waals surface area contributed by atoms with Gasteiger partial charge in [0.15, 0.2) is 0 Å². The van der Waals surface area contributed by atoms with Crippen LogP contribution in [0.25, 0.3) is 10.2 Å². The van der Waals surface area contributed by atoms with Crippen LogP contribution in [0.15, 0.2) is 35.2 Å². The molecule has 0 aliphatic heterocycles. The molecule has 5 nitrogen and oxygen atoms in total. The van der Waals surface area contributed by atoms with Gasteiger partial charge in [0.2, 0.25) is 0 Å². The standard InChI is InChI=1S/C15H17N3O2S/c1-3-10-7-11-13(17-9-18-14(11)21-10)16-8-15(2,19)12-5-4-6-20-12/h4-7,9,19H,3,8H2,1-2H3,(H,16,17,18). The average molecular weight is 303 g/mol. The maximum absolute atomic E-state index is 10.5. The predicted octanol–water partition coefficient (Wildman–Crippen LogP) is 3.17. The van der Waals surface area contributed by atoms with Crippen LogP contribution >= 0.6 is 11.3 Å². The van der Waals surface area contributed by atoms with E-state index in [-0.39, 0.29) is 0 Å². The van der Waals surface area contributed by atoms with Crippen LogP contribution in [-0.4, -0.2) is 21.6 Å². The van der Waals surface area contributed by atoms with Gasteiger partial charge in [0.1, 0.15) is 28.3 Å². The number of nitrogens with zero attached hydrogens (tertiary/aromatic N) is 2. The van der Waals surface area contributed by atoms with Crippen LogP contribution in [-0.2, 0) is 12.0 Å². The first-order valence-electron chi connectivity index (χ1n) is 6.84. The molecule has 1 unspecified atom stereocenters. The van der Waals surface area contributed by atoms with Gasteiger partial charge in [0.25, 0.3) is 0 Å². The summed E-state index contributed by atoms with van der Waals surface area (Å²) in [7, 11) is 0. The lowest BCUT2D eigenvalue weighted by Crippen LogP contribution is -2.30. The Kier molecular flexibility index (Phi) is 3.65. The largest absolute Gasteiger partial charge is 0.466 e. The molecule has 21 heavy (non-hydrogen) atoms. The fourth-order valence-electron chi connectivity index (χ4n) is 2.15. The summed E-state index contributed by atoms with van der Waals surface area (Å²) in [6.45, 7) is 4.14. The second kappa shape index (κ2) is 5.46. The van der Waals surface area contributed by atoms with Gasteiger partial charge in [-0.05, 0) is 31.5 Å². The summed E-state index contributed by atoms with van der Waals surface area (Å²) in [6, 6.07) is 5.63. The van der Waals surface area contributed by atoms with Gasteiger partial charge in [-0.3, -0.25) is 0 Å². The molecule has 3 aromatic rings. The van der Waals surface area contributed by atoms with Crippen molar-refractivity contribution >= 4 is 27.4 Å². The van der Waals surface area contributed by atoms with Crippen molar-refractivity contribution in [3.05, 3.63) is 41.4 Å². The molecule has 6 heteroatoms. The van der Waals surface area contributed by atoms with Crippen molar-refractivity contribution in [1.29, 1.82) is 0 Å². The second-order valence-corrected chi connectivity index (χ2v) is 6.23. The summed E-state index contributed by atoms with van der Waals surface area (Å²) in [4.78, 5) is 10.8. The number of hydrogen-bond donors (Lipinski definition) is 2. The first kappa shape index (κ1) is 14.0. The molecule has 0 spiro atoms. The van der Waals surface area contributed by atoms with Crippen molar-refractivity contribution in [2.24, 2.45) is 0 Å². The Morgan fingerprint density at radius 1 is 1.43 bits per heavy atom. The van der Waals surface area contributed by atoms with Crippen LogP contribution in [0.2, 0.25) is 0 Å². The summed E-state index contributed by atoms with van der Waals surface area (Å²) < 4.78 is 5.28. The highest BCUT2D eigenvalue weighted by molar-refractivity contribution is 7.18. The Morgan fingerprint density at radius 2 is 2.29 bits per heavy atom. The Labute approximate surface area is 126 Å². The van der Waals surface area contributed by atoms with Crippen molar-refractivity contribution in [2.75, 3.05) is 11.9 Å². The first-order valence-corrected chi connectivity index (χ1v) is 7.65. The number of nitrogens with one attached hydrogen (secondary N) is 1. The molecule has 1 atom stereocenters. The quantitative estimate of drug-likeness (QED) is 0.757. The molecule has 110 valence electrons. The normalized spacial score (nSPS) is 14.2. The van der Waals surface area contributed by atoms with Gasteiger partial charge < -0.3 is 14.8 Å². The molecule has 0 fully saturated rings. The molecular weight excluding hydrogens is 286 g/mol. The first-order chi connectivity index (χ1) is 10.1. The molecule has 0 aliphatic carbocycles. The van der Waals surface area contributed by atoms with Crippen molar-refractivity contribution in [3.63, 3.8) is 0 Å². The fraction of sp³-hybridized carbons (Fsp3) is 0.333. The van der Waals surface area contributed by atoms with Crippen molar-refractivity contribution in [3.8, 4) is 0 Å². The number of hydrogen-bond acceptors (Lipinski definition) is 6. The lowest BCUT2D eigenvalue weighted by molar-refractivity contribution is 0.0476. The smallest absolute Gasteiger partial charge is 0.138 e. The van der Waals surface area contributed by atoms with Gasteiger partial charge in [-0.1, -0.05) is 6.92 Å². The summed E-state index contributed by atoms with van der Waals surface area (Å²) in [5.41, 5.74) is -1.09. The van der Waals surface area contributed by atoms with E-state index in [0.717, 1.165) is 22.5 Å². The maximum atomic E-state index is 10.5. The van der Waals surface area contributed by atoms with Crippen LogP contribution in [0.1, 0.15) is 24.5 Å². The van der Waals surface area contributed by atoms with E-state index in [4.69, 9.17) is 4.42 Å².